The molecule has 5 nitrogen and oxygen atoms in total. The average molecular weight is 258 g/mol. The Morgan fingerprint density at radius 3 is 2.88 bits per heavy atom. The highest BCUT2D eigenvalue weighted by Gasteiger charge is 2.10. The van der Waals surface area contributed by atoms with E-state index in [9.17, 15) is 0 Å². The number of hydrogen-bond donors (Lipinski definition) is 2. The molecule has 6 heteroatoms. The lowest BCUT2D eigenvalue weighted by molar-refractivity contribution is 0.0990. The van der Waals surface area contributed by atoms with Crippen molar-refractivity contribution in [2.45, 2.75) is 13.3 Å². The molecule has 0 bridgehead atoms. The summed E-state index contributed by atoms with van der Waals surface area (Å²) in [5, 5.41) is 7.59. The third-order valence-corrected chi connectivity index (χ3v) is 2.33. The van der Waals surface area contributed by atoms with Crippen molar-refractivity contribution < 1.29 is 9.47 Å². The number of rotatable bonds is 7. The third kappa shape index (κ3) is 4.20. The summed E-state index contributed by atoms with van der Waals surface area (Å²) >= 11 is 5.99. The fraction of sp³-hybridized carbons (Fsp3) is 0.455. The topological polar surface area (TPSA) is 81.2 Å². The molecule has 1 rings (SSSR count). The van der Waals surface area contributed by atoms with Crippen molar-refractivity contribution in [1.29, 1.82) is 5.41 Å². The summed E-state index contributed by atoms with van der Waals surface area (Å²) in [5.41, 5.74) is 5.79. The van der Waals surface area contributed by atoms with Gasteiger partial charge in [0.05, 0.1) is 6.61 Å². The normalized spacial score (nSPS) is 10.2. The van der Waals surface area contributed by atoms with Gasteiger partial charge in [0.2, 0.25) is 5.88 Å². The minimum atomic E-state index is -0.107. The first-order valence-corrected chi connectivity index (χ1v) is 5.74. The SMILES string of the molecule is CCCOCCOc1nccc(C(=N)N)c1Cl. The van der Waals surface area contributed by atoms with E-state index in [1.165, 1.54) is 6.20 Å². The van der Waals surface area contributed by atoms with Gasteiger partial charge in [-0.15, -0.1) is 0 Å². The van der Waals surface area contributed by atoms with E-state index in [1.807, 2.05) is 6.92 Å². The molecular formula is C11H16ClN3O2. The molecule has 0 saturated heterocycles. The standard InChI is InChI=1S/C11H16ClN3O2/c1-2-5-16-6-7-17-11-9(12)8(10(13)14)3-4-15-11/h3-4H,2,5-7H2,1H3,(H3,13,14). The molecule has 0 aliphatic rings. The lowest BCUT2D eigenvalue weighted by atomic mass is 10.2. The van der Waals surface area contributed by atoms with Gasteiger partial charge < -0.3 is 15.2 Å². The number of aromatic nitrogens is 1. The van der Waals surface area contributed by atoms with Gasteiger partial charge in [-0.25, -0.2) is 4.98 Å². The fourth-order valence-corrected chi connectivity index (χ4v) is 1.44. The van der Waals surface area contributed by atoms with Gasteiger partial charge in [0.1, 0.15) is 17.5 Å². The Kier molecular flexibility index (Phi) is 5.72. The van der Waals surface area contributed by atoms with Crippen LogP contribution in [0.2, 0.25) is 5.02 Å². The summed E-state index contributed by atoms with van der Waals surface area (Å²) in [5.74, 6) is 0.170. The molecule has 1 heterocycles. The van der Waals surface area contributed by atoms with E-state index >= 15 is 0 Å². The molecule has 0 aliphatic carbocycles. The summed E-state index contributed by atoms with van der Waals surface area (Å²) in [6, 6.07) is 1.57. The van der Waals surface area contributed by atoms with Gasteiger partial charge in [-0.1, -0.05) is 18.5 Å². The molecule has 0 aliphatic heterocycles. The van der Waals surface area contributed by atoms with Crippen molar-refractivity contribution >= 4 is 17.4 Å². The molecule has 0 radical (unpaired) electrons. The van der Waals surface area contributed by atoms with Gasteiger partial charge in [-0.2, -0.15) is 0 Å². The van der Waals surface area contributed by atoms with Gasteiger partial charge in [0.15, 0.2) is 0 Å². The first-order valence-electron chi connectivity index (χ1n) is 5.36. The zero-order chi connectivity index (χ0) is 12.7. The van der Waals surface area contributed by atoms with E-state index in [-0.39, 0.29) is 16.7 Å². The van der Waals surface area contributed by atoms with Crippen LogP contribution in [0.4, 0.5) is 0 Å². The molecule has 0 saturated carbocycles. The van der Waals surface area contributed by atoms with Gasteiger partial charge in [0, 0.05) is 18.4 Å². The molecule has 3 N–H and O–H groups in total. The van der Waals surface area contributed by atoms with Gasteiger partial charge in [0.25, 0.3) is 0 Å². The second-order valence-electron chi connectivity index (χ2n) is 3.35. The molecular weight excluding hydrogens is 242 g/mol. The van der Waals surface area contributed by atoms with Gasteiger partial charge >= 0.3 is 0 Å². The van der Waals surface area contributed by atoms with Crippen molar-refractivity contribution in [3.05, 3.63) is 22.8 Å². The maximum Gasteiger partial charge on any atom is 0.233 e. The summed E-state index contributed by atoms with van der Waals surface area (Å²) in [7, 11) is 0. The van der Waals surface area contributed by atoms with Crippen LogP contribution in [-0.4, -0.2) is 30.6 Å². The number of nitrogens with zero attached hydrogens (tertiary/aromatic N) is 1. The van der Waals surface area contributed by atoms with Crippen LogP contribution < -0.4 is 10.5 Å². The molecule has 0 fully saturated rings. The van der Waals surface area contributed by atoms with Crippen LogP contribution in [0, 0.1) is 5.41 Å². The number of nitrogens with two attached hydrogens (primary N) is 1. The highest BCUT2D eigenvalue weighted by molar-refractivity contribution is 6.35. The Hall–Kier alpha value is -1.33. The van der Waals surface area contributed by atoms with Gasteiger partial charge in [-0.05, 0) is 12.5 Å². The number of amidine groups is 1. The molecule has 1 aromatic heterocycles. The molecule has 0 unspecified atom stereocenters. The molecule has 94 valence electrons. The Bertz CT molecular complexity index is 385. The molecule has 0 atom stereocenters. The summed E-state index contributed by atoms with van der Waals surface area (Å²) < 4.78 is 10.6. The first-order chi connectivity index (χ1) is 8.16. The molecule has 0 spiro atoms. The zero-order valence-corrected chi connectivity index (χ0v) is 10.5. The number of halogens is 1. The van der Waals surface area contributed by atoms with Crippen LogP contribution in [0.1, 0.15) is 18.9 Å². The van der Waals surface area contributed by atoms with Crippen molar-refractivity contribution in [3.63, 3.8) is 0 Å². The second-order valence-corrected chi connectivity index (χ2v) is 3.73. The van der Waals surface area contributed by atoms with Gasteiger partial charge in [-0.3, -0.25) is 5.41 Å². The van der Waals surface area contributed by atoms with E-state index in [1.54, 1.807) is 6.07 Å². The zero-order valence-electron chi connectivity index (χ0n) is 9.70. The number of nitrogens with one attached hydrogen (secondary N) is 1. The first kappa shape index (κ1) is 13.7. The molecule has 1 aromatic rings. The van der Waals surface area contributed by atoms with Crippen molar-refractivity contribution in [3.8, 4) is 5.88 Å². The Morgan fingerprint density at radius 2 is 2.24 bits per heavy atom. The molecule has 0 amide bonds. The molecule has 0 aromatic carbocycles. The predicted octanol–water partition coefficient (Wildman–Crippen LogP) is 1.82. The van der Waals surface area contributed by atoms with Crippen molar-refractivity contribution in [2.24, 2.45) is 5.73 Å². The van der Waals surface area contributed by atoms with E-state index in [0.29, 0.717) is 25.4 Å². The number of ether oxygens (including phenoxy) is 2. The second kappa shape index (κ2) is 7.09. The summed E-state index contributed by atoms with van der Waals surface area (Å²) in [4.78, 5) is 3.98. The number of hydrogen-bond acceptors (Lipinski definition) is 4. The monoisotopic (exact) mass is 257 g/mol. The minimum absolute atomic E-state index is 0.107. The Balaban J connectivity index is 2.54. The van der Waals surface area contributed by atoms with Crippen LogP contribution in [0.25, 0.3) is 0 Å². The quantitative estimate of drug-likeness (QED) is 0.444. The lowest BCUT2D eigenvalue weighted by Gasteiger charge is -2.09. The highest BCUT2D eigenvalue weighted by Crippen LogP contribution is 2.24. The Morgan fingerprint density at radius 1 is 1.47 bits per heavy atom. The maximum atomic E-state index is 7.33. The predicted molar refractivity (Wildman–Crippen MR) is 66.9 cm³/mol. The van der Waals surface area contributed by atoms with Crippen molar-refractivity contribution in [1.82, 2.24) is 4.98 Å². The largest absolute Gasteiger partial charge is 0.474 e. The lowest BCUT2D eigenvalue weighted by Crippen LogP contribution is -2.13. The van der Waals surface area contributed by atoms with Crippen LogP contribution in [0.3, 0.4) is 0 Å². The van der Waals surface area contributed by atoms with Crippen LogP contribution in [-0.2, 0) is 4.74 Å². The smallest absolute Gasteiger partial charge is 0.233 e. The van der Waals surface area contributed by atoms with E-state index in [0.717, 1.165) is 6.42 Å². The molecule has 17 heavy (non-hydrogen) atoms. The van der Waals surface area contributed by atoms with Crippen molar-refractivity contribution in [2.75, 3.05) is 19.8 Å². The van der Waals surface area contributed by atoms with E-state index < -0.39 is 0 Å². The van der Waals surface area contributed by atoms with Crippen LogP contribution >= 0.6 is 11.6 Å². The van der Waals surface area contributed by atoms with E-state index in [4.69, 9.17) is 32.2 Å². The Labute approximate surface area is 105 Å². The fourth-order valence-electron chi connectivity index (χ4n) is 1.18. The number of nitrogen functional groups attached to an aromatic ring is 1. The van der Waals surface area contributed by atoms with Crippen LogP contribution in [0.15, 0.2) is 12.3 Å². The average Bonchev–Trinajstić information content (AvgIpc) is 2.30. The minimum Gasteiger partial charge on any atom is -0.474 e. The highest BCUT2D eigenvalue weighted by atomic mass is 35.5. The summed E-state index contributed by atoms with van der Waals surface area (Å²) in [6.45, 7) is 3.60. The maximum absolute atomic E-state index is 7.33. The summed E-state index contributed by atoms with van der Waals surface area (Å²) in [6.07, 6.45) is 2.48. The third-order valence-electron chi connectivity index (χ3n) is 1.96. The van der Waals surface area contributed by atoms with E-state index in [2.05, 4.69) is 4.98 Å². The van der Waals surface area contributed by atoms with Crippen LogP contribution in [0.5, 0.6) is 5.88 Å². The number of pyridine rings is 1.